The molecule has 0 saturated heterocycles. The van der Waals surface area contributed by atoms with Gasteiger partial charge in [0.25, 0.3) is 0 Å². The SMILES string of the molecule is O=c1[nH]c(-c2ccc(OCCO)cc2)c(O)n1[C@H](Cc1ccc(F)cc1)c1ncc(-c2ccc(I)cc2F)[nH]1. The molecule has 8 nitrogen and oxygen atoms in total. The largest absolute Gasteiger partial charge is 0.493 e. The zero-order valence-electron chi connectivity index (χ0n) is 20.4. The van der Waals surface area contributed by atoms with Gasteiger partial charge in [-0.25, -0.2) is 18.6 Å². The van der Waals surface area contributed by atoms with Crippen LogP contribution in [-0.4, -0.2) is 42.9 Å². The molecule has 1 atom stereocenters. The van der Waals surface area contributed by atoms with Crippen LogP contribution >= 0.6 is 22.6 Å². The zero-order valence-corrected chi connectivity index (χ0v) is 22.5. The van der Waals surface area contributed by atoms with Gasteiger partial charge in [-0.05, 0) is 82.8 Å². The lowest BCUT2D eigenvalue weighted by atomic mass is 10.0. The van der Waals surface area contributed by atoms with Gasteiger partial charge in [-0.3, -0.25) is 4.57 Å². The van der Waals surface area contributed by atoms with E-state index >= 15 is 0 Å². The first-order valence-corrected chi connectivity index (χ1v) is 13.0. The van der Waals surface area contributed by atoms with E-state index in [1.165, 1.54) is 29.0 Å². The average Bonchev–Trinajstić information content (AvgIpc) is 3.52. The van der Waals surface area contributed by atoms with Crippen molar-refractivity contribution in [2.75, 3.05) is 13.2 Å². The standard InChI is InChI=1S/C28H23F2IN4O4/c29-18-5-1-16(2-6-18)13-24(26-32-15-23(33-26)21-10-7-19(31)14-22(21)30)35-27(37)25(34-28(35)38)17-3-8-20(9-4-17)39-12-11-36/h1-10,14-15,24,36-37H,11-13H2,(H,32,33)(H,34,38)/t24-/m1/s1. The molecule has 0 aliphatic heterocycles. The number of hydrogen-bond donors (Lipinski definition) is 4. The monoisotopic (exact) mass is 644 g/mol. The smallest absolute Gasteiger partial charge is 0.329 e. The Hall–Kier alpha value is -3.97. The minimum atomic E-state index is -0.833. The normalized spacial score (nSPS) is 12.0. The molecular formula is C28H23F2IN4O4. The second-order valence-electron chi connectivity index (χ2n) is 8.75. The highest BCUT2D eigenvalue weighted by atomic mass is 127. The molecule has 0 saturated carbocycles. The molecule has 5 rings (SSSR count). The maximum absolute atomic E-state index is 14.7. The lowest BCUT2D eigenvalue weighted by Crippen LogP contribution is -2.25. The number of aliphatic hydroxyl groups excluding tert-OH is 1. The summed E-state index contributed by atoms with van der Waals surface area (Å²) in [4.78, 5) is 23.4. The third-order valence-corrected chi connectivity index (χ3v) is 6.86. The molecule has 0 fully saturated rings. The number of halogens is 3. The number of benzene rings is 3. The van der Waals surface area contributed by atoms with E-state index in [4.69, 9.17) is 9.84 Å². The molecule has 0 radical (unpaired) electrons. The van der Waals surface area contributed by atoms with Crippen LogP contribution in [0.1, 0.15) is 17.4 Å². The van der Waals surface area contributed by atoms with Crippen LogP contribution in [0.2, 0.25) is 0 Å². The molecule has 0 unspecified atom stereocenters. The van der Waals surface area contributed by atoms with Crippen molar-refractivity contribution in [1.29, 1.82) is 0 Å². The molecule has 5 aromatic rings. The Bertz CT molecular complexity index is 1650. The van der Waals surface area contributed by atoms with Crippen molar-refractivity contribution in [3.63, 3.8) is 0 Å². The molecule has 0 spiro atoms. The molecule has 2 heterocycles. The first kappa shape index (κ1) is 26.6. The predicted molar refractivity (Wildman–Crippen MR) is 150 cm³/mol. The Labute approximate surface area is 235 Å². The molecule has 4 N–H and O–H groups in total. The zero-order chi connectivity index (χ0) is 27.5. The molecule has 11 heteroatoms. The Balaban J connectivity index is 1.56. The number of aromatic nitrogens is 4. The van der Waals surface area contributed by atoms with Gasteiger partial charge in [-0.2, -0.15) is 0 Å². The number of hydrogen-bond acceptors (Lipinski definition) is 5. The average molecular weight is 644 g/mol. The van der Waals surface area contributed by atoms with E-state index in [1.54, 1.807) is 48.5 Å². The summed E-state index contributed by atoms with van der Waals surface area (Å²) in [6.45, 7) is 0.0129. The van der Waals surface area contributed by atoms with Crippen molar-refractivity contribution < 1.29 is 23.7 Å². The van der Waals surface area contributed by atoms with Crippen LogP contribution in [0, 0.1) is 15.2 Å². The van der Waals surface area contributed by atoms with Crippen molar-refractivity contribution in [2.24, 2.45) is 0 Å². The van der Waals surface area contributed by atoms with Gasteiger partial charge in [0, 0.05) is 21.1 Å². The van der Waals surface area contributed by atoms with Crippen LogP contribution in [0.15, 0.2) is 77.7 Å². The van der Waals surface area contributed by atoms with Crippen molar-refractivity contribution in [3.8, 4) is 34.1 Å². The van der Waals surface area contributed by atoms with Crippen molar-refractivity contribution in [2.45, 2.75) is 12.5 Å². The molecule has 0 aliphatic rings. The molecule has 0 bridgehead atoms. The minimum absolute atomic E-state index is 0.126. The highest BCUT2D eigenvalue weighted by Gasteiger charge is 2.26. The number of rotatable bonds is 9. The van der Waals surface area contributed by atoms with E-state index in [0.29, 0.717) is 34.0 Å². The number of ether oxygens (including phenoxy) is 1. The lowest BCUT2D eigenvalue weighted by molar-refractivity contribution is 0.201. The van der Waals surface area contributed by atoms with Gasteiger partial charge in [0.15, 0.2) is 0 Å². The highest BCUT2D eigenvalue weighted by Crippen LogP contribution is 2.33. The second-order valence-corrected chi connectivity index (χ2v) is 9.99. The first-order valence-electron chi connectivity index (χ1n) is 12.0. The van der Waals surface area contributed by atoms with Crippen LogP contribution in [0.4, 0.5) is 8.78 Å². The van der Waals surface area contributed by atoms with Crippen LogP contribution < -0.4 is 10.4 Å². The fraction of sp³-hybridized carbons (Fsp3) is 0.143. The summed E-state index contributed by atoms with van der Waals surface area (Å²) < 4.78 is 35.5. The van der Waals surface area contributed by atoms with E-state index in [-0.39, 0.29) is 31.2 Å². The number of nitrogens with one attached hydrogen (secondary N) is 2. The van der Waals surface area contributed by atoms with Crippen LogP contribution in [-0.2, 0) is 6.42 Å². The van der Waals surface area contributed by atoms with Gasteiger partial charge in [0.1, 0.15) is 41.6 Å². The number of nitrogens with zero attached hydrogens (tertiary/aromatic N) is 2. The van der Waals surface area contributed by atoms with Gasteiger partial charge in [-0.1, -0.05) is 12.1 Å². The molecule has 200 valence electrons. The van der Waals surface area contributed by atoms with Crippen molar-refractivity contribution in [1.82, 2.24) is 19.5 Å². The molecule has 2 aromatic heterocycles. The number of aromatic amines is 2. The van der Waals surface area contributed by atoms with E-state index in [1.807, 2.05) is 22.6 Å². The minimum Gasteiger partial charge on any atom is -0.493 e. The summed E-state index contributed by atoms with van der Waals surface area (Å²) in [6.07, 6.45) is 1.65. The van der Waals surface area contributed by atoms with Gasteiger partial charge >= 0.3 is 5.69 Å². The summed E-state index contributed by atoms with van der Waals surface area (Å²) in [5.74, 6) is -0.325. The van der Waals surface area contributed by atoms with Gasteiger partial charge in [0.05, 0.1) is 18.5 Å². The number of aromatic hydroxyl groups is 1. The van der Waals surface area contributed by atoms with E-state index < -0.39 is 23.4 Å². The van der Waals surface area contributed by atoms with E-state index in [2.05, 4.69) is 15.0 Å². The summed E-state index contributed by atoms with van der Waals surface area (Å²) in [6, 6.07) is 16.4. The third-order valence-electron chi connectivity index (χ3n) is 6.19. The Kier molecular flexibility index (Phi) is 7.79. The van der Waals surface area contributed by atoms with Crippen molar-refractivity contribution in [3.05, 3.63) is 110 Å². The summed E-state index contributed by atoms with van der Waals surface area (Å²) in [5.41, 5.74) is 1.54. The van der Waals surface area contributed by atoms with E-state index in [9.17, 15) is 18.7 Å². The van der Waals surface area contributed by atoms with Gasteiger partial charge in [0.2, 0.25) is 5.88 Å². The molecule has 0 amide bonds. The molecule has 39 heavy (non-hydrogen) atoms. The number of imidazole rings is 2. The Morgan fingerprint density at radius 2 is 1.77 bits per heavy atom. The fourth-order valence-corrected chi connectivity index (χ4v) is 4.77. The van der Waals surface area contributed by atoms with Crippen LogP contribution in [0.25, 0.3) is 22.5 Å². The van der Waals surface area contributed by atoms with Gasteiger partial charge < -0.3 is 24.9 Å². The molecule has 3 aromatic carbocycles. The molecule has 0 aliphatic carbocycles. The lowest BCUT2D eigenvalue weighted by Gasteiger charge is -2.17. The first-order chi connectivity index (χ1) is 18.8. The topological polar surface area (TPSA) is 116 Å². The predicted octanol–water partition coefficient (Wildman–Crippen LogP) is 5.03. The highest BCUT2D eigenvalue weighted by molar-refractivity contribution is 14.1. The number of H-pyrrole nitrogens is 2. The third kappa shape index (κ3) is 5.73. The summed E-state index contributed by atoms with van der Waals surface area (Å²) in [7, 11) is 0. The second kappa shape index (κ2) is 11.4. The maximum Gasteiger partial charge on any atom is 0.329 e. The van der Waals surface area contributed by atoms with E-state index in [0.717, 1.165) is 3.57 Å². The van der Waals surface area contributed by atoms with Crippen LogP contribution in [0.3, 0.4) is 0 Å². The maximum atomic E-state index is 14.7. The summed E-state index contributed by atoms with van der Waals surface area (Å²) in [5, 5.41) is 20.2. The Morgan fingerprint density at radius 1 is 1.03 bits per heavy atom. The quantitative estimate of drug-likeness (QED) is 0.168. The fourth-order valence-electron chi connectivity index (χ4n) is 4.32. The molecular weight excluding hydrogens is 621 g/mol. The van der Waals surface area contributed by atoms with Crippen LogP contribution in [0.5, 0.6) is 11.6 Å². The number of aliphatic hydroxyl groups is 1. The Morgan fingerprint density at radius 3 is 2.46 bits per heavy atom. The van der Waals surface area contributed by atoms with Gasteiger partial charge in [-0.15, -0.1) is 0 Å². The van der Waals surface area contributed by atoms with Crippen molar-refractivity contribution >= 4 is 22.6 Å². The summed E-state index contributed by atoms with van der Waals surface area (Å²) >= 11 is 2.02.